The maximum Gasteiger partial charge on any atom is 0.415 e. The fraction of sp³-hybridized carbons (Fsp3) is 0.515. The Morgan fingerprint density at radius 2 is 1.86 bits per heavy atom. The van der Waals surface area contributed by atoms with Gasteiger partial charge in [-0.05, 0) is 74.5 Å². The van der Waals surface area contributed by atoms with E-state index in [-0.39, 0.29) is 24.7 Å². The summed E-state index contributed by atoms with van der Waals surface area (Å²) in [4.78, 5) is 48.3. The molecule has 0 aliphatic carbocycles. The van der Waals surface area contributed by atoms with Crippen LogP contribution in [0.5, 0.6) is 5.75 Å². The molecule has 1 atom stereocenters. The van der Waals surface area contributed by atoms with Crippen molar-refractivity contribution in [3.8, 4) is 17.1 Å². The molecule has 10 heteroatoms. The van der Waals surface area contributed by atoms with Crippen molar-refractivity contribution in [2.24, 2.45) is 5.92 Å². The fourth-order valence-corrected chi connectivity index (χ4v) is 6.92. The lowest BCUT2D eigenvalue weighted by atomic mass is 9.86. The molecule has 228 valence electrons. The Bertz CT molecular complexity index is 1650. The van der Waals surface area contributed by atoms with Gasteiger partial charge in [0.25, 0.3) is 5.56 Å². The van der Waals surface area contributed by atoms with Crippen LogP contribution in [-0.2, 0) is 34.7 Å². The van der Waals surface area contributed by atoms with E-state index in [4.69, 9.17) is 14.5 Å². The van der Waals surface area contributed by atoms with E-state index in [1.165, 1.54) is 0 Å². The van der Waals surface area contributed by atoms with Crippen LogP contribution in [0.25, 0.3) is 22.3 Å². The van der Waals surface area contributed by atoms with Crippen LogP contribution in [0.3, 0.4) is 0 Å². The number of rotatable bonds is 7. The molecule has 1 aromatic carbocycles. The molecule has 3 aromatic rings. The van der Waals surface area contributed by atoms with Crippen molar-refractivity contribution in [3.63, 3.8) is 0 Å². The fourth-order valence-electron chi connectivity index (χ4n) is 6.92. The summed E-state index contributed by atoms with van der Waals surface area (Å²) in [6.07, 6.45) is 2.38. The summed E-state index contributed by atoms with van der Waals surface area (Å²) in [6, 6.07) is 7.19. The lowest BCUT2D eigenvalue weighted by Crippen LogP contribution is -2.44. The molecule has 0 unspecified atom stereocenters. The number of cyclic esters (lactones) is 1. The second kappa shape index (κ2) is 11.4. The van der Waals surface area contributed by atoms with Crippen LogP contribution < -0.4 is 10.3 Å². The SMILES string of the molecule is CCc1c2c(nc3ccc(OC(=O)N4CCC(CN(CC)CC)CC4)cc13)-c1cc3c(c(=O)n1C2)COC(=O)[C@]3(O)CC. The number of aliphatic hydroxyl groups is 1. The molecule has 3 aliphatic rings. The van der Waals surface area contributed by atoms with E-state index in [9.17, 15) is 19.5 Å². The van der Waals surface area contributed by atoms with Crippen molar-refractivity contribution < 1.29 is 24.2 Å². The number of aromatic nitrogens is 2. The number of fused-ring (bicyclic) bond motifs is 5. The summed E-state index contributed by atoms with van der Waals surface area (Å²) >= 11 is 0. The number of carbonyl (C=O) groups excluding carboxylic acids is 2. The first-order valence-corrected chi connectivity index (χ1v) is 15.5. The van der Waals surface area contributed by atoms with E-state index in [0.717, 1.165) is 54.5 Å². The van der Waals surface area contributed by atoms with Crippen molar-refractivity contribution in [3.05, 3.63) is 56.9 Å². The molecule has 5 heterocycles. The monoisotopic (exact) mass is 588 g/mol. The van der Waals surface area contributed by atoms with Gasteiger partial charge in [-0.2, -0.15) is 0 Å². The van der Waals surface area contributed by atoms with Gasteiger partial charge in [0.2, 0.25) is 0 Å². The molecule has 0 bridgehead atoms. The molecule has 1 amide bonds. The summed E-state index contributed by atoms with van der Waals surface area (Å²) in [5.74, 6) is 0.318. The van der Waals surface area contributed by atoms with Gasteiger partial charge in [0.1, 0.15) is 12.4 Å². The zero-order valence-electron chi connectivity index (χ0n) is 25.4. The topological polar surface area (TPSA) is 114 Å². The molecule has 3 aliphatic heterocycles. The molecular weight excluding hydrogens is 548 g/mol. The number of benzene rings is 1. The summed E-state index contributed by atoms with van der Waals surface area (Å²) in [5.41, 5.74) is 2.35. The minimum Gasteiger partial charge on any atom is -0.458 e. The lowest BCUT2D eigenvalue weighted by Gasteiger charge is -2.33. The molecule has 6 rings (SSSR count). The van der Waals surface area contributed by atoms with Gasteiger partial charge in [-0.3, -0.25) is 4.79 Å². The summed E-state index contributed by atoms with van der Waals surface area (Å²) in [5, 5.41) is 12.0. The van der Waals surface area contributed by atoms with E-state index >= 15 is 0 Å². The highest BCUT2D eigenvalue weighted by Gasteiger charge is 2.45. The van der Waals surface area contributed by atoms with E-state index in [1.807, 2.05) is 12.1 Å². The smallest absolute Gasteiger partial charge is 0.415 e. The predicted molar refractivity (Wildman–Crippen MR) is 162 cm³/mol. The van der Waals surface area contributed by atoms with Crippen LogP contribution in [-0.4, -0.2) is 69.2 Å². The summed E-state index contributed by atoms with van der Waals surface area (Å²) < 4.78 is 12.7. The number of piperidine rings is 1. The van der Waals surface area contributed by atoms with Crippen LogP contribution in [0.2, 0.25) is 0 Å². The molecule has 1 N–H and O–H groups in total. The normalized spacial score (nSPS) is 19.8. The van der Waals surface area contributed by atoms with Gasteiger partial charge in [0.15, 0.2) is 5.60 Å². The van der Waals surface area contributed by atoms with E-state index in [2.05, 4.69) is 25.7 Å². The van der Waals surface area contributed by atoms with Gasteiger partial charge in [-0.1, -0.05) is 27.7 Å². The minimum atomic E-state index is -1.87. The highest BCUT2D eigenvalue weighted by Crippen LogP contribution is 2.40. The molecule has 1 saturated heterocycles. The first kappa shape index (κ1) is 29.3. The molecule has 0 saturated carbocycles. The second-order valence-corrected chi connectivity index (χ2v) is 11.8. The summed E-state index contributed by atoms with van der Waals surface area (Å²) in [7, 11) is 0. The molecule has 10 nitrogen and oxygen atoms in total. The van der Waals surface area contributed by atoms with Crippen LogP contribution in [0.4, 0.5) is 4.79 Å². The van der Waals surface area contributed by atoms with E-state index < -0.39 is 11.6 Å². The maximum atomic E-state index is 13.6. The predicted octanol–water partition coefficient (Wildman–Crippen LogP) is 4.19. The second-order valence-electron chi connectivity index (χ2n) is 11.8. The molecule has 1 fully saturated rings. The molecule has 0 spiro atoms. The summed E-state index contributed by atoms with van der Waals surface area (Å²) in [6.45, 7) is 12.8. The van der Waals surface area contributed by atoms with Crippen molar-refractivity contribution in [1.29, 1.82) is 0 Å². The molecule has 43 heavy (non-hydrogen) atoms. The minimum absolute atomic E-state index is 0.0930. The van der Waals surface area contributed by atoms with E-state index in [1.54, 1.807) is 28.5 Å². The Kier molecular flexibility index (Phi) is 7.76. The number of esters is 1. The number of likely N-dealkylation sites (tertiary alicyclic amines) is 1. The quantitative estimate of drug-likeness (QED) is 0.320. The Morgan fingerprint density at radius 3 is 2.53 bits per heavy atom. The highest BCUT2D eigenvalue weighted by atomic mass is 16.6. The lowest BCUT2D eigenvalue weighted by molar-refractivity contribution is -0.172. The standard InChI is InChI=1S/C33H40N4O6/c1-5-22-23-15-21(43-32(40)36-13-11-20(12-14-36)17-35(7-3)8-4)9-10-27(23)34-29-24(22)18-37-28(29)16-26-25(30(37)38)19-42-31(39)33(26,41)6-2/h9-10,15-16,20,41H,5-8,11-14,17-19H2,1-4H3/t33-/m0/s1. The van der Waals surface area contributed by atoms with Crippen LogP contribution in [0.15, 0.2) is 29.1 Å². The number of carbonyl (C=O) groups is 2. The molecular formula is C33H40N4O6. The number of pyridine rings is 2. The maximum absolute atomic E-state index is 13.6. The molecule has 0 radical (unpaired) electrons. The number of aryl methyl sites for hydroxylation is 1. The van der Waals surface area contributed by atoms with Gasteiger partial charge in [-0.15, -0.1) is 0 Å². The third-order valence-electron chi connectivity index (χ3n) is 9.62. The first-order chi connectivity index (χ1) is 20.7. The zero-order chi connectivity index (χ0) is 30.5. The highest BCUT2D eigenvalue weighted by molar-refractivity contribution is 5.90. The third-order valence-corrected chi connectivity index (χ3v) is 9.62. The van der Waals surface area contributed by atoms with Gasteiger partial charge >= 0.3 is 12.1 Å². The average molecular weight is 589 g/mol. The first-order valence-electron chi connectivity index (χ1n) is 15.5. The third kappa shape index (κ3) is 4.90. The Morgan fingerprint density at radius 1 is 1.12 bits per heavy atom. The van der Waals surface area contributed by atoms with Gasteiger partial charge < -0.3 is 28.9 Å². The largest absolute Gasteiger partial charge is 0.458 e. The van der Waals surface area contributed by atoms with Crippen LogP contribution >= 0.6 is 0 Å². The van der Waals surface area contributed by atoms with E-state index in [0.29, 0.717) is 60.2 Å². The van der Waals surface area contributed by atoms with Crippen molar-refractivity contribution in [2.75, 3.05) is 32.7 Å². The Hall–Kier alpha value is -3.76. The Labute approximate surface area is 251 Å². The van der Waals surface area contributed by atoms with Gasteiger partial charge in [0, 0.05) is 36.1 Å². The number of hydrogen-bond acceptors (Lipinski definition) is 8. The number of hydrogen-bond donors (Lipinski definition) is 1. The van der Waals surface area contributed by atoms with Gasteiger partial charge in [-0.25, -0.2) is 14.6 Å². The van der Waals surface area contributed by atoms with Crippen LogP contribution in [0, 0.1) is 5.92 Å². The number of ether oxygens (including phenoxy) is 2. The van der Waals surface area contributed by atoms with Crippen LogP contribution in [0.1, 0.15) is 69.2 Å². The number of nitrogens with zero attached hydrogens (tertiary/aromatic N) is 4. The van der Waals surface area contributed by atoms with Crippen molar-refractivity contribution in [2.45, 2.75) is 72.1 Å². The van der Waals surface area contributed by atoms with Crippen molar-refractivity contribution >= 4 is 23.0 Å². The molecule has 2 aromatic heterocycles. The zero-order valence-corrected chi connectivity index (χ0v) is 25.4. The van der Waals surface area contributed by atoms with Gasteiger partial charge in [0.05, 0.1) is 29.0 Å². The Balaban J connectivity index is 1.27. The van der Waals surface area contributed by atoms with Crippen molar-refractivity contribution in [1.82, 2.24) is 19.4 Å². The number of amides is 1. The average Bonchev–Trinajstić information content (AvgIpc) is 3.39.